The Morgan fingerprint density at radius 3 is 2.86 bits per heavy atom. The highest BCUT2D eigenvalue weighted by Gasteiger charge is 2.30. The number of aromatic amines is 1. The second kappa shape index (κ2) is 7.16. The SMILES string of the molecule is Cc1cc(NC(=O)CC#N)ccc1-c1cc(N(C=O)C2CC2)nc2[nH]ccc12. The van der Waals surface area contributed by atoms with Crippen molar-refractivity contribution in [1.29, 1.82) is 5.26 Å². The van der Waals surface area contributed by atoms with Crippen molar-refractivity contribution in [1.82, 2.24) is 9.97 Å². The number of aromatic nitrogens is 2. The van der Waals surface area contributed by atoms with Crippen LogP contribution in [0.15, 0.2) is 36.5 Å². The van der Waals surface area contributed by atoms with Crippen LogP contribution in [0.4, 0.5) is 11.5 Å². The molecule has 0 atom stereocenters. The first-order chi connectivity index (χ1) is 13.6. The molecule has 1 aliphatic carbocycles. The molecule has 28 heavy (non-hydrogen) atoms. The van der Waals surface area contributed by atoms with Crippen LogP contribution in [-0.4, -0.2) is 28.3 Å². The van der Waals surface area contributed by atoms with Crippen LogP contribution in [0.25, 0.3) is 22.2 Å². The largest absolute Gasteiger partial charge is 0.346 e. The number of pyridine rings is 1. The van der Waals surface area contributed by atoms with Gasteiger partial charge in [0, 0.05) is 23.3 Å². The lowest BCUT2D eigenvalue weighted by Crippen LogP contribution is -2.24. The zero-order chi connectivity index (χ0) is 19.7. The Morgan fingerprint density at radius 2 is 2.18 bits per heavy atom. The van der Waals surface area contributed by atoms with Crippen molar-refractivity contribution < 1.29 is 9.59 Å². The average Bonchev–Trinajstić information content (AvgIpc) is 3.38. The zero-order valence-electron chi connectivity index (χ0n) is 15.4. The molecule has 7 heteroatoms. The number of hydrogen-bond donors (Lipinski definition) is 2. The molecule has 7 nitrogen and oxygen atoms in total. The van der Waals surface area contributed by atoms with Crippen LogP contribution >= 0.6 is 0 Å². The van der Waals surface area contributed by atoms with E-state index in [2.05, 4.69) is 15.3 Å². The number of benzene rings is 1. The Hall–Kier alpha value is -3.66. The molecule has 0 aliphatic heterocycles. The highest BCUT2D eigenvalue weighted by Crippen LogP contribution is 2.36. The van der Waals surface area contributed by atoms with E-state index >= 15 is 0 Å². The van der Waals surface area contributed by atoms with Gasteiger partial charge in [-0.15, -0.1) is 0 Å². The molecular formula is C21H19N5O2. The van der Waals surface area contributed by atoms with Gasteiger partial charge in [-0.05, 0) is 60.7 Å². The molecule has 0 radical (unpaired) electrons. The number of fused-ring (bicyclic) bond motifs is 1. The molecule has 2 amide bonds. The van der Waals surface area contributed by atoms with E-state index in [0.717, 1.165) is 47.0 Å². The summed E-state index contributed by atoms with van der Waals surface area (Å²) in [4.78, 5) is 32.7. The van der Waals surface area contributed by atoms with Crippen LogP contribution in [0.1, 0.15) is 24.8 Å². The molecule has 1 aromatic carbocycles. The summed E-state index contributed by atoms with van der Waals surface area (Å²) in [5.41, 5.74) is 4.31. The van der Waals surface area contributed by atoms with Crippen molar-refractivity contribution in [2.24, 2.45) is 0 Å². The normalized spacial score (nSPS) is 13.1. The monoisotopic (exact) mass is 373 g/mol. The Kier molecular flexibility index (Phi) is 4.53. The number of nitrogens with zero attached hydrogens (tertiary/aromatic N) is 3. The maximum atomic E-state index is 11.7. The zero-order valence-corrected chi connectivity index (χ0v) is 15.4. The Balaban J connectivity index is 1.76. The van der Waals surface area contributed by atoms with Crippen molar-refractivity contribution in [2.75, 3.05) is 10.2 Å². The van der Waals surface area contributed by atoms with Crippen LogP contribution in [0.3, 0.4) is 0 Å². The minimum atomic E-state index is -0.333. The number of carbonyl (C=O) groups excluding carboxylic acids is 2. The van der Waals surface area contributed by atoms with E-state index in [1.165, 1.54) is 0 Å². The smallest absolute Gasteiger partial charge is 0.238 e. The molecule has 2 N–H and O–H groups in total. The number of carbonyl (C=O) groups is 2. The van der Waals surface area contributed by atoms with Gasteiger partial charge in [-0.3, -0.25) is 14.5 Å². The van der Waals surface area contributed by atoms with Gasteiger partial charge in [0.2, 0.25) is 12.3 Å². The van der Waals surface area contributed by atoms with Crippen molar-refractivity contribution in [3.63, 3.8) is 0 Å². The lowest BCUT2D eigenvalue weighted by molar-refractivity contribution is -0.115. The molecule has 1 saturated carbocycles. The molecule has 2 aromatic heterocycles. The summed E-state index contributed by atoms with van der Waals surface area (Å²) in [5.74, 6) is 0.299. The topological polar surface area (TPSA) is 102 Å². The van der Waals surface area contributed by atoms with Crippen LogP contribution < -0.4 is 10.2 Å². The molecule has 0 saturated heterocycles. The third-order valence-electron chi connectivity index (χ3n) is 4.87. The van der Waals surface area contributed by atoms with Crippen LogP contribution in [0, 0.1) is 18.3 Å². The van der Waals surface area contributed by atoms with Gasteiger partial charge in [0.15, 0.2) is 0 Å². The highest BCUT2D eigenvalue weighted by molar-refractivity contribution is 5.98. The fourth-order valence-corrected chi connectivity index (χ4v) is 3.38. The van der Waals surface area contributed by atoms with Gasteiger partial charge in [0.25, 0.3) is 0 Å². The fraction of sp³-hybridized carbons (Fsp3) is 0.238. The number of nitriles is 1. The number of amides is 2. The summed E-state index contributed by atoms with van der Waals surface area (Å²) in [5, 5.41) is 12.3. The van der Waals surface area contributed by atoms with Gasteiger partial charge in [0.05, 0.1) is 6.07 Å². The molecular weight excluding hydrogens is 354 g/mol. The number of nitrogens with one attached hydrogen (secondary N) is 2. The summed E-state index contributed by atoms with van der Waals surface area (Å²) in [6.45, 7) is 1.96. The molecule has 0 unspecified atom stereocenters. The maximum absolute atomic E-state index is 11.7. The van der Waals surface area contributed by atoms with Gasteiger partial charge >= 0.3 is 0 Å². The predicted molar refractivity (Wildman–Crippen MR) is 107 cm³/mol. The number of anilines is 2. The van der Waals surface area contributed by atoms with Crippen molar-refractivity contribution in [2.45, 2.75) is 32.2 Å². The molecule has 0 spiro atoms. The molecule has 1 aliphatic rings. The second-order valence-electron chi connectivity index (χ2n) is 6.92. The summed E-state index contributed by atoms with van der Waals surface area (Å²) in [6, 6.07) is 11.6. The van der Waals surface area contributed by atoms with Crippen LogP contribution in [0.5, 0.6) is 0 Å². The van der Waals surface area contributed by atoms with Gasteiger partial charge in [-0.25, -0.2) is 4.98 Å². The standard InChI is InChI=1S/C21H19N5O2/c1-13-10-14(24-20(28)6-8-22)2-5-16(13)18-11-19(26(12-27)15-3-4-15)25-21-17(18)7-9-23-21/h2,5,7,9-12,15H,3-4,6H2,1H3,(H,23,25)(H,24,28). The Bertz CT molecular complexity index is 1110. The van der Waals surface area contributed by atoms with Gasteiger partial charge < -0.3 is 10.3 Å². The van der Waals surface area contributed by atoms with Gasteiger partial charge in [-0.1, -0.05) is 6.07 Å². The van der Waals surface area contributed by atoms with Crippen molar-refractivity contribution in [3.8, 4) is 17.2 Å². The lowest BCUT2D eigenvalue weighted by atomic mass is 9.98. The lowest BCUT2D eigenvalue weighted by Gasteiger charge is -2.18. The first-order valence-electron chi connectivity index (χ1n) is 9.10. The Labute approximate surface area is 162 Å². The van der Waals surface area contributed by atoms with Gasteiger partial charge in [-0.2, -0.15) is 5.26 Å². The summed E-state index contributed by atoms with van der Waals surface area (Å²) in [7, 11) is 0. The van der Waals surface area contributed by atoms with E-state index in [1.807, 2.05) is 49.5 Å². The van der Waals surface area contributed by atoms with E-state index in [-0.39, 0.29) is 18.4 Å². The third-order valence-corrected chi connectivity index (χ3v) is 4.87. The average molecular weight is 373 g/mol. The van der Waals surface area contributed by atoms with E-state index in [1.54, 1.807) is 4.90 Å². The predicted octanol–water partition coefficient (Wildman–Crippen LogP) is 3.52. The van der Waals surface area contributed by atoms with E-state index in [9.17, 15) is 9.59 Å². The minimum Gasteiger partial charge on any atom is -0.346 e. The molecule has 2 heterocycles. The number of hydrogen-bond acceptors (Lipinski definition) is 4. The van der Waals surface area contributed by atoms with E-state index < -0.39 is 0 Å². The number of H-pyrrole nitrogens is 1. The summed E-state index contributed by atoms with van der Waals surface area (Å²) < 4.78 is 0. The molecule has 140 valence electrons. The van der Waals surface area contributed by atoms with Crippen molar-refractivity contribution >= 4 is 34.9 Å². The quantitative estimate of drug-likeness (QED) is 0.645. The summed E-state index contributed by atoms with van der Waals surface area (Å²) >= 11 is 0. The molecule has 1 fully saturated rings. The van der Waals surface area contributed by atoms with Crippen LogP contribution in [0.2, 0.25) is 0 Å². The van der Waals surface area contributed by atoms with E-state index in [4.69, 9.17) is 5.26 Å². The molecule has 4 rings (SSSR count). The molecule has 3 aromatic rings. The molecule has 0 bridgehead atoms. The second-order valence-corrected chi connectivity index (χ2v) is 6.92. The third kappa shape index (κ3) is 3.32. The van der Waals surface area contributed by atoms with Crippen molar-refractivity contribution in [3.05, 3.63) is 42.1 Å². The highest BCUT2D eigenvalue weighted by atomic mass is 16.1. The van der Waals surface area contributed by atoms with E-state index in [0.29, 0.717) is 11.5 Å². The fourth-order valence-electron chi connectivity index (χ4n) is 3.38. The summed E-state index contributed by atoms with van der Waals surface area (Å²) in [6.07, 6.45) is 4.49. The minimum absolute atomic E-state index is 0.179. The van der Waals surface area contributed by atoms with Gasteiger partial charge in [0.1, 0.15) is 17.9 Å². The van der Waals surface area contributed by atoms with Crippen LogP contribution in [-0.2, 0) is 9.59 Å². The number of aryl methyl sites for hydroxylation is 1. The maximum Gasteiger partial charge on any atom is 0.238 e. The number of rotatable bonds is 6. The first kappa shape index (κ1) is 17.7. The Morgan fingerprint density at radius 1 is 1.36 bits per heavy atom. The first-order valence-corrected chi connectivity index (χ1v) is 9.10.